The predicted octanol–water partition coefficient (Wildman–Crippen LogP) is 3.29. The third-order valence-corrected chi connectivity index (χ3v) is 2.93. The number of nitrogens with one attached hydrogen (secondary N) is 1. The lowest BCUT2D eigenvalue weighted by Gasteiger charge is -2.09. The number of amides is 1. The summed E-state index contributed by atoms with van der Waals surface area (Å²) in [6, 6.07) is 13.2. The molecule has 8 heteroatoms. The second-order valence-electron chi connectivity index (χ2n) is 4.71. The Morgan fingerprint density at radius 3 is 2.64 bits per heavy atom. The third kappa shape index (κ3) is 6.09. The number of anilines is 1. The van der Waals surface area contributed by atoms with Crippen LogP contribution in [-0.2, 0) is 9.63 Å². The molecule has 0 atom stereocenters. The van der Waals surface area contributed by atoms with Crippen molar-refractivity contribution in [3.8, 4) is 11.5 Å². The molecular formula is C17H16F2N2O4. The number of nitrogens with zero attached hydrogens (tertiary/aromatic N) is 1. The van der Waals surface area contributed by atoms with Gasteiger partial charge >= 0.3 is 6.61 Å². The summed E-state index contributed by atoms with van der Waals surface area (Å²) in [5.74, 6) is -0.314. The summed E-state index contributed by atoms with van der Waals surface area (Å²) in [7, 11) is 1.33. The highest BCUT2D eigenvalue weighted by molar-refractivity contribution is 5.91. The van der Waals surface area contributed by atoms with E-state index in [0.29, 0.717) is 11.3 Å². The number of alkyl halides is 2. The lowest BCUT2D eigenvalue weighted by Crippen LogP contribution is -2.16. The molecule has 0 unspecified atom stereocenters. The molecule has 0 spiro atoms. The Hall–Kier alpha value is -3.16. The van der Waals surface area contributed by atoms with Crippen LogP contribution >= 0.6 is 0 Å². The van der Waals surface area contributed by atoms with E-state index >= 15 is 0 Å². The first kappa shape index (κ1) is 18.2. The highest BCUT2D eigenvalue weighted by atomic mass is 19.3. The van der Waals surface area contributed by atoms with Crippen LogP contribution in [0.1, 0.15) is 5.56 Å². The maximum Gasteiger partial charge on any atom is 0.387 e. The predicted molar refractivity (Wildman–Crippen MR) is 88.2 cm³/mol. The van der Waals surface area contributed by atoms with Gasteiger partial charge in [-0.15, -0.1) is 0 Å². The first-order valence-electron chi connectivity index (χ1n) is 7.21. The average Bonchev–Trinajstić information content (AvgIpc) is 2.60. The number of carbonyl (C=O) groups excluding carboxylic acids is 1. The minimum Gasteiger partial charge on any atom is -0.493 e. The standard InChI is InChI=1S/C17H16F2N2O4/c1-23-15-9-12(7-8-14(15)25-17(18)19)10-20-24-11-16(22)21-13-5-3-2-4-6-13/h2-10,17H,11H2,1H3,(H,21,22)/b20-10-. The van der Waals surface area contributed by atoms with E-state index in [2.05, 4.69) is 15.2 Å². The molecule has 0 saturated heterocycles. The van der Waals surface area contributed by atoms with E-state index in [4.69, 9.17) is 9.57 Å². The molecule has 25 heavy (non-hydrogen) atoms. The Bertz CT molecular complexity index is 724. The molecule has 2 aromatic carbocycles. The van der Waals surface area contributed by atoms with E-state index in [0.717, 1.165) is 0 Å². The molecule has 0 aromatic heterocycles. The average molecular weight is 350 g/mol. The number of rotatable bonds is 8. The van der Waals surface area contributed by atoms with Gasteiger partial charge in [0.15, 0.2) is 18.1 Å². The molecule has 0 fully saturated rings. The summed E-state index contributed by atoms with van der Waals surface area (Å²) in [5, 5.41) is 6.30. The minimum absolute atomic E-state index is 0.0854. The number of para-hydroxylation sites is 1. The van der Waals surface area contributed by atoms with Gasteiger partial charge in [-0.25, -0.2) is 0 Å². The van der Waals surface area contributed by atoms with Crippen LogP contribution in [0, 0.1) is 0 Å². The zero-order valence-corrected chi connectivity index (χ0v) is 13.3. The van der Waals surface area contributed by atoms with Crippen molar-refractivity contribution in [2.45, 2.75) is 6.61 Å². The second kappa shape index (κ2) is 9.21. The number of oxime groups is 1. The zero-order chi connectivity index (χ0) is 18.1. The molecule has 0 aliphatic heterocycles. The summed E-state index contributed by atoms with van der Waals surface area (Å²) in [4.78, 5) is 16.6. The van der Waals surface area contributed by atoms with Gasteiger partial charge in [0.2, 0.25) is 0 Å². The summed E-state index contributed by atoms with van der Waals surface area (Å²) < 4.78 is 33.8. The number of hydrogen-bond donors (Lipinski definition) is 1. The van der Waals surface area contributed by atoms with Crippen LogP contribution in [0.25, 0.3) is 0 Å². The molecule has 2 aromatic rings. The lowest BCUT2D eigenvalue weighted by molar-refractivity contribution is -0.120. The topological polar surface area (TPSA) is 69.2 Å². The maximum absolute atomic E-state index is 12.3. The Morgan fingerprint density at radius 1 is 1.20 bits per heavy atom. The number of benzene rings is 2. The quantitative estimate of drug-likeness (QED) is 0.586. The summed E-state index contributed by atoms with van der Waals surface area (Å²) in [6.45, 7) is -3.21. The van der Waals surface area contributed by atoms with Crippen molar-refractivity contribution in [2.24, 2.45) is 5.16 Å². The van der Waals surface area contributed by atoms with E-state index in [-0.39, 0.29) is 24.0 Å². The molecular weight excluding hydrogens is 334 g/mol. The van der Waals surface area contributed by atoms with Crippen molar-refractivity contribution in [3.63, 3.8) is 0 Å². The molecule has 0 heterocycles. The monoisotopic (exact) mass is 350 g/mol. The van der Waals surface area contributed by atoms with Gasteiger partial charge in [0, 0.05) is 11.3 Å². The van der Waals surface area contributed by atoms with Crippen molar-refractivity contribution >= 4 is 17.8 Å². The van der Waals surface area contributed by atoms with E-state index in [9.17, 15) is 13.6 Å². The van der Waals surface area contributed by atoms with Crippen molar-refractivity contribution < 1.29 is 27.9 Å². The van der Waals surface area contributed by atoms with Gasteiger partial charge in [-0.2, -0.15) is 8.78 Å². The van der Waals surface area contributed by atoms with Gasteiger partial charge in [-0.3, -0.25) is 4.79 Å². The Kier molecular flexibility index (Phi) is 6.70. The van der Waals surface area contributed by atoms with Gasteiger partial charge in [-0.1, -0.05) is 23.4 Å². The molecule has 132 valence electrons. The van der Waals surface area contributed by atoms with Crippen LogP contribution < -0.4 is 14.8 Å². The van der Waals surface area contributed by atoms with Crippen molar-refractivity contribution in [3.05, 3.63) is 54.1 Å². The molecule has 0 aliphatic rings. The van der Waals surface area contributed by atoms with Crippen LogP contribution in [0.2, 0.25) is 0 Å². The van der Waals surface area contributed by atoms with Gasteiger partial charge in [-0.05, 0) is 30.3 Å². The Morgan fingerprint density at radius 2 is 1.96 bits per heavy atom. The fraction of sp³-hybridized carbons (Fsp3) is 0.176. The maximum atomic E-state index is 12.3. The minimum atomic E-state index is -2.94. The second-order valence-corrected chi connectivity index (χ2v) is 4.71. The van der Waals surface area contributed by atoms with Crippen LogP contribution in [0.15, 0.2) is 53.7 Å². The molecule has 6 nitrogen and oxygen atoms in total. The fourth-order valence-corrected chi connectivity index (χ4v) is 1.87. The largest absolute Gasteiger partial charge is 0.493 e. The first-order valence-corrected chi connectivity index (χ1v) is 7.21. The summed E-state index contributed by atoms with van der Waals surface area (Å²) in [6.07, 6.45) is 1.32. The molecule has 0 saturated carbocycles. The molecule has 0 radical (unpaired) electrons. The van der Waals surface area contributed by atoms with Gasteiger partial charge < -0.3 is 19.6 Å². The molecule has 1 N–H and O–H groups in total. The van der Waals surface area contributed by atoms with Crippen LogP contribution in [0.5, 0.6) is 11.5 Å². The number of methoxy groups -OCH3 is 1. The molecule has 0 bridgehead atoms. The summed E-state index contributed by atoms with van der Waals surface area (Å²) >= 11 is 0. The van der Waals surface area contributed by atoms with Crippen LogP contribution in [0.3, 0.4) is 0 Å². The number of ether oxygens (including phenoxy) is 2. The van der Waals surface area contributed by atoms with Crippen molar-refractivity contribution in [2.75, 3.05) is 19.0 Å². The Labute approximate surface area is 143 Å². The molecule has 0 aliphatic carbocycles. The van der Waals surface area contributed by atoms with Crippen LogP contribution in [0.4, 0.5) is 14.5 Å². The fourth-order valence-electron chi connectivity index (χ4n) is 1.87. The van der Waals surface area contributed by atoms with E-state index < -0.39 is 6.61 Å². The SMILES string of the molecule is COc1cc(/C=N\OCC(=O)Nc2ccccc2)ccc1OC(F)F. The molecule has 2 rings (SSSR count). The highest BCUT2D eigenvalue weighted by Gasteiger charge is 2.10. The number of carbonyl (C=O) groups is 1. The molecule has 1 amide bonds. The smallest absolute Gasteiger partial charge is 0.387 e. The van der Waals surface area contributed by atoms with Gasteiger partial charge in [0.25, 0.3) is 5.91 Å². The third-order valence-electron chi connectivity index (χ3n) is 2.93. The van der Waals surface area contributed by atoms with E-state index in [1.807, 2.05) is 6.07 Å². The van der Waals surface area contributed by atoms with Crippen LogP contribution in [-0.4, -0.2) is 32.4 Å². The number of hydrogen-bond acceptors (Lipinski definition) is 5. The van der Waals surface area contributed by atoms with Crippen molar-refractivity contribution in [1.29, 1.82) is 0 Å². The lowest BCUT2D eigenvalue weighted by atomic mass is 10.2. The van der Waals surface area contributed by atoms with E-state index in [1.54, 1.807) is 24.3 Å². The Balaban J connectivity index is 1.86. The zero-order valence-electron chi connectivity index (χ0n) is 13.3. The normalized spacial score (nSPS) is 10.7. The van der Waals surface area contributed by atoms with E-state index in [1.165, 1.54) is 31.5 Å². The van der Waals surface area contributed by atoms with Crippen molar-refractivity contribution in [1.82, 2.24) is 0 Å². The van der Waals surface area contributed by atoms with Gasteiger partial charge in [0.05, 0.1) is 13.3 Å². The first-order chi connectivity index (χ1) is 12.1. The highest BCUT2D eigenvalue weighted by Crippen LogP contribution is 2.28. The summed E-state index contributed by atoms with van der Waals surface area (Å²) in [5.41, 5.74) is 1.18. The number of halogens is 2. The van der Waals surface area contributed by atoms with Gasteiger partial charge in [0.1, 0.15) is 0 Å².